The van der Waals surface area contributed by atoms with Gasteiger partial charge in [0.05, 0.1) is 27.5 Å². The number of anilines is 2. The molecule has 1 N–H and O–H groups in total. The van der Waals surface area contributed by atoms with Crippen molar-refractivity contribution in [1.82, 2.24) is 19.4 Å². The fourth-order valence-electron chi connectivity index (χ4n) is 6.73. The zero-order chi connectivity index (χ0) is 29.4. The number of carbonyl (C=O) groups is 2. The van der Waals surface area contributed by atoms with Crippen LogP contribution in [0.15, 0.2) is 47.4 Å². The summed E-state index contributed by atoms with van der Waals surface area (Å²) in [4.78, 5) is 53.7. The van der Waals surface area contributed by atoms with Gasteiger partial charge in [0.15, 0.2) is 5.65 Å². The van der Waals surface area contributed by atoms with Crippen LogP contribution in [0.1, 0.15) is 71.8 Å². The highest BCUT2D eigenvalue weighted by molar-refractivity contribution is 8.02. The predicted octanol–water partition coefficient (Wildman–Crippen LogP) is 5.18. The average Bonchev–Trinajstić information content (AvgIpc) is 3.47. The number of piperidine rings is 2. The van der Waals surface area contributed by atoms with Gasteiger partial charge in [-0.1, -0.05) is 32.9 Å². The molecule has 42 heavy (non-hydrogen) atoms. The van der Waals surface area contributed by atoms with E-state index in [-0.39, 0.29) is 40.8 Å². The number of nitrogens with zero attached hydrogens (tertiary/aromatic N) is 5. The number of likely N-dealkylation sites (tertiary alicyclic amines) is 1. The van der Waals surface area contributed by atoms with Crippen LogP contribution in [0, 0.1) is 5.41 Å². The highest BCUT2D eigenvalue weighted by atomic mass is 32.2. The van der Waals surface area contributed by atoms with Gasteiger partial charge in [-0.25, -0.2) is 9.78 Å². The first kappa shape index (κ1) is 28.8. The summed E-state index contributed by atoms with van der Waals surface area (Å²) in [5.74, 6) is 0.0627. The Morgan fingerprint density at radius 1 is 0.976 bits per heavy atom. The number of imidazole rings is 1. The zero-order valence-electron chi connectivity index (χ0n) is 24.9. The highest BCUT2D eigenvalue weighted by Crippen LogP contribution is 2.45. The summed E-state index contributed by atoms with van der Waals surface area (Å²) >= 11 is 1.65. The molecule has 2 amide bonds. The van der Waals surface area contributed by atoms with Crippen LogP contribution < -0.4 is 15.5 Å². The summed E-state index contributed by atoms with van der Waals surface area (Å²) in [6.07, 6.45) is 7.70. The van der Waals surface area contributed by atoms with E-state index in [1.807, 2.05) is 28.0 Å². The van der Waals surface area contributed by atoms with Gasteiger partial charge < -0.3 is 9.80 Å². The number of aromatic nitrogens is 3. The quantitative estimate of drug-likeness (QED) is 0.425. The molecule has 3 aliphatic heterocycles. The molecule has 0 bridgehead atoms. The number of hydrogen-bond acceptors (Lipinski definition) is 6. The molecule has 2 aromatic heterocycles. The predicted molar refractivity (Wildman–Crippen MR) is 169 cm³/mol. The van der Waals surface area contributed by atoms with E-state index in [1.54, 1.807) is 22.5 Å². The highest BCUT2D eigenvalue weighted by Gasteiger charge is 2.45. The molecule has 10 heteroatoms. The lowest BCUT2D eigenvalue weighted by Gasteiger charge is -2.35. The number of para-hydroxylation sites is 2. The first-order valence-corrected chi connectivity index (χ1v) is 16.3. The number of H-pyrrole nitrogens is 1. The van der Waals surface area contributed by atoms with Gasteiger partial charge in [-0.05, 0) is 68.2 Å². The first-order valence-electron chi connectivity index (χ1n) is 15.3. The number of carbonyl (C=O) groups excluding carboxylic acids is 2. The Kier molecular flexibility index (Phi) is 8.09. The second-order valence-corrected chi connectivity index (χ2v) is 14.5. The number of fused-ring (bicyclic) bond motifs is 1. The fraction of sp³-hybridized carbons (Fsp3) is 0.562. The van der Waals surface area contributed by atoms with Crippen molar-refractivity contribution < 1.29 is 9.59 Å². The number of benzene rings is 1. The Morgan fingerprint density at radius 3 is 2.40 bits per heavy atom. The van der Waals surface area contributed by atoms with Gasteiger partial charge in [0.2, 0.25) is 11.8 Å². The molecule has 3 aromatic rings. The molecule has 1 aromatic carbocycles. The maximum Gasteiger partial charge on any atom is 0.327 e. The second kappa shape index (κ2) is 11.8. The van der Waals surface area contributed by atoms with Crippen LogP contribution >= 0.6 is 11.8 Å². The number of aromatic amines is 1. The lowest BCUT2D eigenvalue weighted by Crippen LogP contribution is -2.42. The Hall–Kier alpha value is -3.27. The van der Waals surface area contributed by atoms with E-state index in [9.17, 15) is 14.4 Å². The summed E-state index contributed by atoms with van der Waals surface area (Å²) in [7, 11) is 0. The van der Waals surface area contributed by atoms with E-state index in [0.717, 1.165) is 36.4 Å². The van der Waals surface area contributed by atoms with Crippen molar-refractivity contribution in [3.63, 3.8) is 0 Å². The van der Waals surface area contributed by atoms with Crippen LogP contribution in [0.25, 0.3) is 11.2 Å². The normalized spacial score (nSPS) is 22.4. The Bertz CT molecular complexity index is 1500. The maximum absolute atomic E-state index is 14.1. The van der Waals surface area contributed by atoms with Crippen molar-refractivity contribution in [2.24, 2.45) is 5.41 Å². The lowest BCUT2D eigenvalue weighted by molar-refractivity contribution is -0.133. The molecule has 3 aliphatic rings. The minimum Gasteiger partial charge on any atom is -0.370 e. The smallest absolute Gasteiger partial charge is 0.327 e. The molecule has 6 rings (SSSR count). The maximum atomic E-state index is 14.1. The third-order valence-electron chi connectivity index (χ3n) is 8.78. The first-order chi connectivity index (χ1) is 20.2. The summed E-state index contributed by atoms with van der Waals surface area (Å²) in [5.41, 5.74) is 3.37. The largest absolute Gasteiger partial charge is 0.370 e. The van der Waals surface area contributed by atoms with Crippen molar-refractivity contribution >= 4 is 46.1 Å². The summed E-state index contributed by atoms with van der Waals surface area (Å²) in [5, 5.41) is -0.423. The van der Waals surface area contributed by atoms with E-state index in [1.165, 1.54) is 19.3 Å². The van der Waals surface area contributed by atoms with Gasteiger partial charge in [-0.3, -0.25) is 24.0 Å². The molecule has 5 heterocycles. The SMILES string of the molecule is CC(C)(C)CC1SC(CC(=O)N2CCC(n3c(=O)[nH]c4ncccc43)CC2)C(=O)N1c1ccccc1N1CCCCC1. The van der Waals surface area contributed by atoms with Crippen molar-refractivity contribution in [2.45, 2.75) is 82.4 Å². The summed E-state index contributed by atoms with van der Waals surface area (Å²) < 4.78 is 1.79. The van der Waals surface area contributed by atoms with Crippen LogP contribution in [0.5, 0.6) is 0 Å². The molecular weight excluding hydrogens is 548 g/mol. The Labute approximate surface area is 251 Å². The molecule has 0 spiro atoms. The standard InChI is InChI=1S/C32H42N6O3S/c1-32(2,3)21-28-38(24-11-6-5-10-23(24)35-16-7-4-8-17-35)30(40)26(42-28)20-27(39)36-18-13-22(14-19-36)37-25-12-9-15-33-29(25)34-31(37)41/h5-6,9-12,15,22,26,28H,4,7-8,13-14,16-21H2,1-3H3,(H,33,34,41). The lowest BCUT2D eigenvalue weighted by atomic mass is 9.91. The Balaban J connectivity index is 1.16. The van der Waals surface area contributed by atoms with Gasteiger partial charge in [-0.2, -0.15) is 0 Å². The molecule has 0 saturated carbocycles. The molecule has 3 saturated heterocycles. The third kappa shape index (κ3) is 5.82. The minimum atomic E-state index is -0.403. The number of amides is 2. The van der Waals surface area contributed by atoms with Crippen LogP contribution in [-0.4, -0.2) is 68.1 Å². The third-order valence-corrected chi connectivity index (χ3v) is 10.2. The van der Waals surface area contributed by atoms with Crippen molar-refractivity contribution in [2.75, 3.05) is 36.0 Å². The van der Waals surface area contributed by atoms with Crippen LogP contribution in [0.4, 0.5) is 11.4 Å². The van der Waals surface area contributed by atoms with Crippen molar-refractivity contribution in [3.8, 4) is 0 Å². The van der Waals surface area contributed by atoms with Crippen LogP contribution in [0.2, 0.25) is 0 Å². The number of rotatable bonds is 6. The number of thioether (sulfide) groups is 1. The molecule has 224 valence electrons. The number of nitrogens with one attached hydrogen (secondary N) is 1. The molecular formula is C32H42N6O3S. The van der Waals surface area contributed by atoms with Gasteiger partial charge in [0.1, 0.15) is 0 Å². The summed E-state index contributed by atoms with van der Waals surface area (Å²) in [6, 6.07) is 12.1. The fourth-order valence-corrected chi connectivity index (χ4v) is 8.51. The van der Waals surface area contributed by atoms with Gasteiger partial charge in [0, 0.05) is 44.8 Å². The van der Waals surface area contributed by atoms with Gasteiger partial charge >= 0.3 is 5.69 Å². The zero-order valence-corrected chi connectivity index (χ0v) is 25.7. The number of hydrogen-bond donors (Lipinski definition) is 1. The molecule has 2 unspecified atom stereocenters. The van der Waals surface area contributed by atoms with E-state index in [2.05, 4.69) is 53.8 Å². The molecule has 9 nitrogen and oxygen atoms in total. The monoisotopic (exact) mass is 590 g/mol. The van der Waals surface area contributed by atoms with Crippen molar-refractivity contribution in [1.29, 1.82) is 0 Å². The average molecular weight is 591 g/mol. The van der Waals surface area contributed by atoms with Gasteiger partial charge in [-0.15, -0.1) is 11.8 Å². The molecule has 0 radical (unpaired) electrons. The molecule has 3 fully saturated rings. The van der Waals surface area contributed by atoms with Crippen molar-refractivity contribution in [3.05, 3.63) is 53.1 Å². The van der Waals surface area contributed by atoms with Gasteiger partial charge in [0.25, 0.3) is 0 Å². The van der Waals surface area contributed by atoms with Crippen LogP contribution in [0.3, 0.4) is 0 Å². The molecule has 2 atom stereocenters. The molecule has 0 aliphatic carbocycles. The second-order valence-electron chi connectivity index (χ2n) is 13.1. The van der Waals surface area contributed by atoms with E-state index in [0.29, 0.717) is 31.6 Å². The topological polar surface area (TPSA) is 94.5 Å². The minimum absolute atomic E-state index is 0.0138. The van der Waals surface area contributed by atoms with Crippen LogP contribution in [-0.2, 0) is 9.59 Å². The van der Waals surface area contributed by atoms with E-state index >= 15 is 0 Å². The number of pyridine rings is 1. The van der Waals surface area contributed by atoms with E-state index in [4.69, 9.17) is 0 Å². The van der Waals surface area contributed by atoms with E-state index < -0.39 is 5.25 Å². The summed E-state index contributed by atoms with van der Waals surface area (Å²) in [6.45, 7) is 9.80. The Morgan fingerprint density at radius 2 is 1.69 bits per heavy atom.